The van der Waals surface area contributed by atoms with Crippen molar-refractivity contribution in [2.24, 2.45) is 0 Å². The zero-order chi connectivity index (χ0) is 14.3. The summed E-state index contributed by atoms with van der Waals surface area (Å²) < 4.78 is 0. The van der Waals surface area contributed by atoms with Crippen molar-refractivity contribution < 1.29 is 0 Å². The molecule has 0 bridgehead atoms. The summed E-state index contributed by atoms with van der Waals surface area (Å²) in [5.74, 6) is 0.971. The van der Waals surface area contributed by atoms with Crippen molar-refractivity contribution in [2.75, 3.05) is 16.8 Å². The minimum atomic E-state index is 0.307. The molecule has 0 spiro atoms. The van der Waals surface area contributed by atoms with Crippen LogP contribution in [0.3, 0.4) is 0 Å². The summed E-state index contributed by atoms with van der Waals surface area (Å²) in [5, 5.41) is 0.322. The molecular weight excluding hydrogens is 272 g/mol. The first-order valence-electron chi connectivity index (χ1n) is 7.37. The summed E-state index contributed by atoms with van der Waals surface area (Å²) >= 11 is 6.03. The summed E-state index contributed by atoms with van der Waals surface area (Å²) in [6, 6.07) is 0.858. The van der Waals surface area contributed by atoms with Gasteiger partial charge in [0.2, 0.25) is 5.28 Å². The van der Waals surface area contributed by atoms with Crippen LogP contribution in [0.5, 0.6) is 0 Å². The topological polar surface area (TPSA) is 32.3 Å². The molecule has 0 saturated heterocycles. The Hall–Kier alpha value is -1.29. The van der Waals surface area contributed by atoms with Gasteiger partial charge in [-0.1, -0.05) is 26.3 Å². The van der Waals surface area contributed by atoms with Gasteiger partial charge in [0.1, 0.15) is 5.69 Å². The van der Waals surface area contributed by atoms with Crippen molar-refractivity contribution in [3.05, 3.63) is 23.8 Å². The Labute approximate surface area is 125 Å². The lowest BCUT2D eigenvalue weighted by molar-refractivity contribution is 0.512. The monoisotopic (exact) mass is 292 g/mol. The molecule has 20 heavy (non-hydrogen) atoms. The normalized spacial score (nSPS) is 23.4. The average molecular weight is 293 g/mol. The molecule has 3 rings (SSSR count). The Morgan fingerprint density at radius 2 is 2.10 bits per heavy atom. The van der Waals surface area contributed by atoms with E-state index in [1.807, 2.05) is 13.2 Å². The molecule has 2 heterocycles. The first-order chi connectivity index (χ1) is 9.63. The molecule has 1 atom stereocenters. The van der Waals surface area contributed by atoms with E-state index in [1.165, 1.54) is 25.7 Å². The smallest absolute Gasteiger partial charge is 0.224 e. The molecule has 0 amide bonds. The van der Waals surface area contributed by atoms with Crippen molar-refractivity contribution in [3.8, 4) is 0 Å². The number of hydrogen-bond acceptors (Lipinski definition) is 4. The van der Waals surface area contributed by atoms with Crippen molar-refractivity contribution in [1.29, 1.82) is 0 Å². The van der Waals surface area contributed by atoms with Gasteiger partial charge in [0.25, 0.3) is 0 Å². The lowest BCUT2D eigenvalue weighted by Gasteiger charge is -2.46. The maximum Gasteiger partial charge on any atom is 0.224 e. The molecule has 2 aliphatic rings. The molecule has 5 heteroatoms. The van der Waals surface area contributed by atoms with Crippen LogP contribution in [-0.4, -0.2) is 29.1 Å². The summed E-state index contributed by atoms with van der Waals surface area (Å²) in [5.41, 5.74) is 2.13. The van der Waals surface area contributed by atoms with Crippen molar-refractivity contribution in [2.45, 2.75) is 51.1 Å². The SMILES string of the molecule is C=C1C(CC)N(C2CCCC2)c2nc(Cl)ncc2N1C. The van der Waals surface area contributed by atoms with Crippen molar-refractivity contribution in [1.82, 2.24) is 9.97 Å². The molecule has 4 nitrogen and oxygen atoms in total. The lowest BCUT2D eigenvalue weighted by atomic mass is 10.0. The molecule has 1 saturated carbocycles. The average Bonchev–Trinajstić information content (AvgIpc) is 2.96. The summed E-state index contributed by atoms with van der Waals surface area (Å²) in [4.78, 5) is 13.2. The molecule has 1 aliphatic carbocycles. The van der Waals surface area contributed by atoms with Gasteiger partial charge in [-0.05, 0) is 30.9 Å². The van der Waals surface area contributed by atoms with Crippen molar-refractivity contribution >= 4 is 23.1 Å². The highest BCUT2D eigenvalue weighted by Gasteiger charge is 2.37. The van der Waals surface area contributed by atoms with Gasteiger partial charge in [0, 0.05) is 18.8 Å². The fourth-order valence-corrected chi connectivity index (χ4v) is 3.63. The minimum Gasteiger partial charge on any atom is -0.343 e. The first-order valence-corrected chi connectivity index (χ1v) is 7.74. The number of anilines is 2. The Balaban J connectivity index is 2.11. The predicted octanol–water partition coefficient (Wildman–Crippen LogP) is 3.62. The highest BCUT2D eigenvalue weighted by molar-refractivity contribution is 6.28. The predicted molar refractivity (Wildman–Crippen MR) is 83.4 cm³/mol. The van der Waals surface area contributed by atoms with E-state index < -0.39 is 0 Å². The number of rotatable bonds is 2. The molecule has 1 fully saturated rings. The standard InChI is InChI=1S/C15H21ClN4/c1-4-12-10(2)19(3)13-9-17-15(16)18-14(13)20(12)11-7-5-6-8-11/h9,11-12H,2,4-8H2,1,3H3. The Kier molecular flexibility index (Phi) is 3.59. The van der Waals surface area contributed by atoms with Crippen LogP contribution in [0.25, 0.3) is 0 Å². The van der Waals surface area contributed by atoms with Gasteiger partial charge in [-0.3, -0.25) is 0 Å². The maximum absolute atomic E-state index is 6.03. The highest BCUT2D eigenvalue weighted by atomic mass is 35.5. The maximum atomic E-state index is 6.03. The quantitative estimate of drug-likeness (QED) is 0.779. The van der Waals surface area contributed by atoms with Crippen LogP contribution in [0.4, 0.5) is 11.5 Å². The number of halogens is 1. The van der Waals surface area contributed by atoms with Gasteiger partial charge < -0.3 is 9.80 Å². The van der Waals surface area contributed by atoms with Crippen LogP contribution in [0.2, 0.25) is 5.28 Å². The number of nitrogens with zero attached hydrogens (tertiary/aromatic N) is 4. The van der Waals surface area contributed by atoms with E-state index >= 15 is 0 Å². The highest BCUT2D eigenvalue weighted by Crippen LogP contribution is 2.42. The van der Waals surface area contributed by atoms with E-state index in [9.17, 15) is 0 Å². The fourth-order valence-electron chi connectivity index (χ4n) is 3.50. The van der Waals surface area contributed by atoms with E-state index in [-0.39, 0.29) is 0 Å². The van der Waals surface area contributed by atoms with E-state index in [0.717, 1.165) is 23.6 Å². The van der Waals surface area contributed by atoms with Crippen LogP contribution in [-0.2, 0) is 0 Å². The molecule has 1 aromatic rings. The first kappa shape index (κ1) is 13.7. The molecular formula is C15H21ClN4. The molecule has 108 valence electrons. The molecule has 0 radical (unpaired) electrons. The fraction of sp³-hybridized carbons (Fsp3) is 0.600. The minimum absolute atomic E-state index is 0.307. The van der Waals surface area contributed by atoms with Gasteiger partial charge in [-0.15, -0.1) is 0 Å². The van der Waals surface area contributed by atoms with E-state index in [0.29, 0.717) is 17.4 Å². The zero-order valence-corrected chi connectivity index (χ0v) is 12.9. The Morgan fingerprint density at radius 3 is 2.75 bits per heavy atom. The third-order valence-electron chi connectivity index (χ3n) is 4.58. The summed E-state index contributed by atoms with van der Waals surface area (Å²) in [7, 11) is 2.03. The second kappa shape index (κ2) is 5.24. The summed E-state index contributed by atoms with van der Waals surface area (Å²) in [6.45, 7) is 6.49. The second-order valence-electron chi connectivity index (χ2n) is 5.67. The Bertz CT molecular complexity index is 525. The van der Waals surface area contributed by atoms with Gasteiger partial charge in [0.05, 0.1) is 12.2 Å². The third kappa shape index (κ3) is 2.06. The van der Waals surface area contributed by atoms with Crippen LogP contribution in [0.1, 0.15) is 39.0 Å². The molecule has 1 aliphatic heterocycles. The molecule has 1 aromatic heterocycles. The summed E-state index contributed by atoms with van der Waals surface area (Å²) in [6.07, 6.45) is 7.90. The van der Waals surface area contributed by atoms with Gasteiger partial charge in [0.15, 0.2) is 5.82 Å². The van der Waals surface area contributed by atoms with Crippen LogP contribution in [0, 0.1) is 0 Å². The Morgan fingerprint density at radius 1 is 1.40 bits per heavy atom. The van der Waals surface area contributed by atoms with Gasteiger partial charge in [-0.2, -0.15) is 4.98 Å². The van der Waals surface area contributed by atoms with Gasteiger partial charge >= 0.3 is 0 Å². The third-order valence-corrected chi connectivity index (χ3v) is 4.76. The van der Waals surface area contributed by atoms with E-state index in [2.05, 4.69) is 33.3 Å². The largest absolute Gasteiger partial charge is 0.343 e. The molecule has 0 N–H and O–H groups in total. The number of fused-ring (bicyclic) bond motifs is 1. The van der Waals surface area contributed by atoms with E-state index in [1.54, 1.807) is 0 Å². The molecule has 1 unspecified atom stereocenters. The van der Waals surface area contributed by atoms with Crippen LogP contribution in [0.15, 0.2) is 18.5 Å². The number of likely N-dealkylation sites (N-methyl/N-ethyl adjacent to an activating group) is 1. The van der Waals surface area contributed by atoms with Crippen LogP contribution < -0.4 is 9.80 Å². The lowest BCUT2D eigenvalue weighted by Crippen LogP contribution is -2.50. The number of aromatic nitrogens is 2. The van der Waals surface area contributed by atoms with E-state index in [4.69, 9.17) is 11.6 Å². The second-order valence-corrected chi connectivity index (χ2v) is 6.01. The number of hydrogen-bond donors (Lipinski definition) is 0. The van der Waals surface area contributed by atoms with Gasteiger partial charge in [-0.25, -0.2) is 4.98 Å². The van der Waals surface area contributed by atoms with Crippen LogP contribution >= 0.6 is 11.6 Å². The van der Waals surface area contributed by atoms with Crippen molar-refractivity contribution in [3.63, 3.8) is 0 Å². The zero-order valence-electron chi connectivity index (χ0n) is 12.1. The molecule has 0 aromatic carbocycles.